The van der Waals surface area contributed by atoms with Crippen molar-refractivity contribution < 1.29 is 4.79 Å². The third-order valence-electron chi connectivity index (χ3n) is 3.35. The first kappa shape index (κ1) is 12.4. The number of amides is 1. The summed E-state index contributed by atoms with van der Waals surface area (Å²) in [7, 11) is 0. The van der Waals surface area contributed by atoms with Crippen molar-refractivity contribution in [3.8, 4) is 0 Å². The summed E-state index contributed by atoms with van der Waals surface area (Å²) < 4.78 is 1.80. The molecule has 0 spiro atoms. The fraction of sp³-hybridized carbons (Fsp3) is 0.500. The number of nitrogens with zero attached hydrogens (tertiary/aromatic N) is 4. The molecule has 2 aromatic heterocycles. The number of rotatable bonds is 4. The van der Waals surface area contributed by atoms with Gasteiger partial charge in [0.15, 0.2) is 11.5 Å². The van der Waals surface area contributed by atoms with Gasteiger partial charge in [0.2, 0.25) is 5.91 Å². The second-order valence-corrected chi connectivity index (χ2v) is 5.73. The van der Waals surface area contributed by atoms with Crippen LogP contribution in [0.5, 0.6) is 0 Å². The Morgan fingerprint density at radius 3 is 2.89 bits per heavy atom. The second kappa shape index (κ2) is 5.16. The number of thioether (sulfide) groups is 1. The van der Waals surface area contributed by atoms with Crippen molar-refractivity contribution in [3.05, 3.63) is 18.0 Å². The highest BCUT2D eigenvalue weighted by Crippen LogP contribution is 2.33. The zero-order valence-corrected chi connectivity index (χ0v) is 11.3. The van der Waals surface area contributed by atoms with Crippen LogP contribution in [0.2, 0.25) is 0 Å². The van der Waals surface area contributed by atoms with Crippen molar-refractivity contribution in [3.63, 3.8) is 0 Å². The van der Waals surface area contributed by atoms with E-state index in [-0.39, 0.29) is 11.7 Å². The first-order valence-corrected chi connectivity index (χ1v) is 7.36. The Hall–Kier alpha value is -1.63. The molecular formula is C12H15N5OS. The minimum absolute atomic E-state index is 0.236. The van der Waals surface area contributed by atoms with Crippen LogP contribution in [-0.4, -0.2) is 31.5 Å². The highest BCUT2D eigenvalue weighted by molar-refractivity contribution is 7.99. The van der Waals surface area contributed by atoms with Gasteiger partial charge in [-0.2, -0.15) is 9.61 Å². The number of carbonyl (C=O) groups is 1. The Labute approximate surface area is 114 Å². The molecule has 1 aliphatic carbocycles. The van der Waals surface area contributed by atoms with Crippen LogP contribution in [0.25, 0.3) is 5.65 Å². The van der Waals surface area contributed by atoms with E-state index in [1.54, 1.807) is 4.52 Å². The van der Waals surface area contributed by atoms with E-state index in [1.165, 1.54) is 24.6 Å². The van der Waals surface area contributed by atoms with E-state index in [1.807, 2.05) is 12.1 Å². The molecule has 1 amide bonds. The van der Waals surface area contributed by atoms with Crippen molar-refractivity contribution >= 4 is 23.3 Å². The lowest BCUT2D eigenvalue weighted by Gasteiger charge is -2.06. The molecule has 7 heteroatoms. The molecule has 0 aliphatic heterocycles. The molecule has 2 heterocycles. The van der Waals surface area contributed by atoms with Crippen molar-refractivity contribution in [2.75, 3.05) is 5.75 Å². The monoisotopic (exact) mass is 277 g/mol. The maximum atomic E-state index is 10.8. The molecule has 1 aliphatic rings. The largest absolute Gasteiger partial charge is 0.369 e. The summed E-state index contributed by atoms with van der Waals surface area (Å²) in [6.45, 7) is 0. The van der Waals surface area contributed by atoms with Gasteiger partial charge < -0.3 is 5.73 Å². The van der Waals surface area contributed by atoms with Gasteiger partial charge in [-0.25, -0.2) is 0 Å². The van der Waals surface area contributed by atoms with Gasteiger partial charge in [-0.05, 0) is 25.0 Å². The van der Waals surface area contributed by atoms with E-state index in [0.717, 1.165) is 29.3 Å². The van der Waals surface area contributed by atoms with E-state index in [4.69, 9.17) is 5.73 Å². The molecule has 0 unspecified atom stereocenters. The van der Waals surface area contributed by atoms with Crippen molar-refractivity contribution in [1.29, 1.82) is 0 Å². The molecule has 0 radical (unpaired) electrons. The topological polar surface area (TPSA) is 86.2 Å². The first-order chi connectivity index (χ1) is 9.24. The second-order valence-electron chi connectivity index (χ2n) is 4.74. The van der Waals surface area contributed by atoms with Crippen LogP contribution in [0.4, 0.5) is 0 Å². The van der Waals surface area contributed by atoms with Crippen LogP contribution < -0.4 is 5.73 Å². The molecule has 6 nitrogen and oxygen atoms in total. The average molecular weight is 277 g/mol. The van der Waals surface area contributed by atoms with Crippen molar-refractivity contribution in [1.82, 2.24) is 19.8 Å². The quantitative estimate of drug-likeness (QED) is 0.853. The minimum atomic E-state index is -0.341. The summed E-state index contributed by atoms with van der Waals surface area (Å²) in [6.07, 6.45) is 4.80. The van der Waals surface area contributed by atoms with E-state index in [0.29, 0.717) is 5.92 Å². The number of carbonyl (C=O) groups excluding carboxylic acids is 1. The number of fused-ring (bicyclic) bond motifs is 1. The molecule has 0 atom stereocenters. The van der Waals surface area contributed by atoms with Gasteiger partial charge in [0.1, 0.15) is 5.03 Å². The van der Waals surface area contributed by atoms with Crippen LogP contribution in [0.15, 0.2) is 17.2 Å². The lowest BCUT2D eigenvalue weighted by atomic mass is 10.1. The fourth-order valence-electron chi connectivity index (χ4n) is 2.45. The Bertz CT molecular complexity index is 605. The first-order valence-electron chi connectivity index (χ1n) is 6.37. The number of hydrogen-bond donors (Lipinski definition) is 1. The number of aromatic nitrogens is 4. The molecule has 0 aromatic carbocycles. The predicted octanol–water partition coefficient (Wildman–Crippen LogP) is 1.36. The summed E-state index contributed by atoms with van der Waals surface area (Å²) in [5, 5.41) is 13.7. The third kappa shape index (κ3) is 2.56. The summed E-state index contributed by atoms with van der Waals surface area (Å²) in [6, 6.07) is 3.72. The molecule has 1 saturated carbocycles. The van der Waals surface area contributed by atoms with E-state index >= 15 is 0 Å². The zero-order valence-electron chi connectivity index (χ0n) is 10.5. The number of nitrogens with two attached hydrogens (primary N) is 1. The maximum absolute atomic E-state index is 10.8. The van der Waals surface area contributed by atoms with Crippen LogP contribution in [0.1, 0.15) is 37.4 Å². The maximum Gasteiger partial charge on any atom is 0.227 e. The Morgan fingerprint density at radius 2 is 2.16 bits per heavy atom. The molecule has 100 valence electrons. The number of primary amides is 1. The summed E-state index contributed by atoms with van der Waals surface area (Å²) in [5.74, 6) is 1.29. The Kier molecular flexibility index (Phi) is 3.37. The van der Waals surface area contributed by atoms with Gasteiger partial charge >= 0.3 is 0 Å². The van der Waals surface area contributed by atoms with Gasteiger partial charge in [-0.15, -0.1) is 10.2 Å². The van der Waals surface area contributed by atoms with E-state index < -0.39 is 0 Å². The van der Waals surface area contributed by atoms with Gasteiger partial charge in [-0.1, -0.05) is 24.6 Å². The normalized spacial score (nSPS) is 16.2. The number of hydrogen-bond acceptors (Lipinski definition) is 5. The standard InChI is InChI=1S/C12H15N5OS/c13-9(18)7-19-11-6-5-10-14-15-12(17(10)16-11)8-3-1-2-4-8/h5-6,8H,1-4,7H2,(H2,13,18). The smallest absolute Gasteiger partial charge is 0.227 e. The Balaban J connectivity index is 1.91. The molecule has 0 bridgehead atoms. The van der Waals surface area contributed by atoms with Gasteiger partial charge in [0.25, 0.3) is 0 Å². The minimum Gasteiger partial charge on any atom is -0.369 e. The van der Waals surface area contributed by atoms with Crippen molar-refractivity contribution in [2.45, 2.75) is 36.6 Å². The molecule has 19 heavy (non-hydrogen) atoms. The van der Waals surface area contributed by atoms with Gasteiger partial charge in [-0.3, -0.25) is 4.79 Å². The average Bonchev–Trinajstić information content (AvgIpc) is 3.04. The third-order valence-corrected chi connectivity index (χ3v) is 4.29. The van der Waals surface area contributed by atoms with E-state index in [9.17, 15) is 4.79 Å². The summed E-state index contributed by atoms with van der Waals surface area (Å²) in [4.78, 5) is 10.8. The lowest BCUT2D eigenvalue weighted by Crippen LogP contribution is -2.13. The highest BCUT2D eigenvalue weighted by Gasteiger charge is 2.22. The lowest BCUT2D eigenvalue weighted by molar-refractivity contribution is -0.115. The molecule has 2 N–H and O–H groups in total. The van der Waals surface area contributed by atoms with Crippen LogP contribution in [0.3, 0.4) is 0 Å². The van der Waals surface area contributed by atoms with Gasteiger partial charge in [0, 0.05) is 5.92 Å². The summed E-state index contributed by atoms with van der Waals surface area (Å²) in [5.41, 5.74) is 5.90. The molecule has 1 fully saturated rings. The van der Waals surface area contributed by atoms with Crippen LogP contribution in [0, 0.1) is 0 Å². The predicted molar refractivity (Wildman–Crippen MR) is 71.9 cm³/mol. The van der Waals surface area contributed by atoms with Gasteiger partial charge in [0.05, 0.1) is 5.75 Å². The molecule has 0 saturated heterocycles. The highest BCUT2D eigenvalue weighted by atomic mass is 32.2. The van der Waals surface area contributed by atoms with Crippen LogP contribution in [-0.2, 0) is 4.79 Å². The molecular weight excluding hydrogens is 262 g/mol. The molecule has 2 aromatic rings. The fourth-order valence-corrected chi connectivity index (χ4v) is 3.04. The van der Waals surface area contributed by atoms with E-state index in [2.05, 4.69) is 15.3 Å². The molecule has 3 rings (SSSR count). The zero-order chi connectivity index (χ0) is 13.2. The summed E-state index contributed by atoms with van der Waals surface area (Å²) >= 11 is 1.34. The van der Waals surface area contributed by atoms with Crippen LogP contribution >= 0.6 is 11.8 Å². The Morgan fingerprint density at radius 1 is 1.37 bits per heavy atom. The SMILES string of the molecule is NC(=O)CSc1ccc2nnc(C3CCCC3)n2n1. The van der Waals surface area contributed by atoms with Crippen molar-refractivity contribution in [2.24, 2.45) is 5.73 Å².